The molecule has 0 spiro atoms. The van der Waals surface area contributed by atoms with Gasteiger partial charge in [-0.15, -0.1) is 0 Å². The average molecular weight is 273 g/mol. The van der Waals surface area contributed by atoms with Gasteiger partial charge in [0, 0.05) is 43.7 Å². The van der Waals surface area contributed by atoms with Crippen LogP contribution in [0.4, 0.5) is 0 Å². The van der Waals surface area contributed by atoms with Crippen molar-refractivity contribution in [2.75, 3.05) is 40.3 Å². The summed E-state index contributed by atoms with van der Waals surface area (Å²) in [5, 5.41) is 4.50. The van der Waals surface area contributed by atoms with E-state index in [1.54, 1.807) is 0 Å². The van der Waals surface area contributed by atoms with Gasteiger partial charge >= 0.3 is 0 Å². The monoisotopic (exact) mass is 273 g/mol. The smallest absolute Gasteiger partial charge is 0.134 e. The second-order valence-electron chi connectivity index (χ2n) is 5.61. The van der Waals surface area contributed by atoms with Gasteiger partial charge < -0.3 is 14.6 Å². The molecule has 0 radical (unpaired) electrons. The number of benzene rings is 1. The van der Waals surface area contributed by atoms with E-state index in [0.717, 1.165) is 50.6 Å². The van der Waals surface area contributed by atoms with Crippen LogP contribution in [0.25, 0.3) is 11.0 Å². The molecule has 3 rings (SSSR count). The first-order valence-corrected chi connectivity index (χ1v) is 7.32. The van der Waals surface area contributed by atoms with Crippen LogP contribution in [0.5, 0.6) is 0 Å². The summed E-state index contributed by atoms with van der Waals surface area (Å²) in [5.41, 5.74) is 2.31. The highest BCUT2D eigenvalue weighted by molar-refractivity contribution is 5.82. The molecule has 108 valence electrons. The number of hydrogen-bond donors (Lipinski definition) is 1. The average Bonchev–Trinajstić information content (AvgIpc) is 2.80. The molecule has 1 fully saturated rings. The number of rotatable bonds is 4. The summed E-state index contributed by atoms with van der Waals surface area (Å²) < 4.78 is 6.09. The van der Waals surface area contributed by atoms with Crippen molar-refractivity contribution >= 4 is 11.0 Å². The highest BCUT2D eigenvalue weighted by atomic mass is 16.3. The first-order chi connectivity index (χ1) is 9.78. The van der Waals surface area contributed by atoms with E-state index in [4.69, 9.17) is 4.42 Å². The number of hydrogen-bond acceptors (Lipinski definition) is 4. The van der Waals surface area contributed by atoms with E-state index >= 15 is 0 Å². The highest BCUT2D eigenvalue weighted by Crippen LogP contribution is 2.27. The molecule has 1 aromatic carbocycles. The second kappa shape index (κ2) is 5.95. The summed E-state index contributed by atoms with van der Waals surface area (Å²) in [6, 6.07) is 8.33. The molecule has 0 bridgehead atoms. The summed E-state index contributed by atoms with van der Waals surface area (Å²) in [6.45, 7) is 6.29. The van der Waals surface area contributed by atoms with Gasteiger partial charge in [-0.2, -0.15) is 0 Å². The Hall–Kier alpha value is -1.36. The van der Waals surface area contributed by atoms with Gasteiger partial charge in [0.25, 0.3) is 0 Å². The van der Waals surface area contributed by atoms with E-state index in [9.17, 15) is 0 Å². The number of furan rings is 1. The molecule has 0 aliphatic carbocycles. The van der Waals surface area contributed by atoms with Gasteiger partial charge in [-0.25, -0.2) is 0 Å². The zero-order valence-electron chi connectivity index (χ0n) is 12.4. The van der Waals surface area contributed by atoms with Crippen molar-refractivity contribution in [3.8, 4) is 0 Å². The molecule has 1 aromatic heterocycles. The molecule has 20 heavy (non-hydrogen) atoms. The molecule has 4 nitrogen and oxygen atoms in total. The first kappa shape index (κ1) is 13.6. The second-order valence-corrected chi connectivity index (χ2v) is 5.61. The van der Waals surface area contributed by atoms with Gasteiger partial charge in [0.15, 0.2) is 0 Å². The van der Waals surface area contributed by atoms with Gasteiger partial charge in [-0.05, 0) is 20.2 Å². The number of para-hydroxylation sites is 1. The minimum absolute atomic E-state index is 0.861. The Labute approximate surface area is 120 Å². The maximum absolute atomic E-state index is 6.09. The molecular weight excluding hydrogens is 250 g/mol. The molecule has 0 atom stereocenters. The van der Waals surface area contributed by atoms with Crippen LogP contribution in [-0.4, -0.2) is 50.1 Å². The molecule has 1 saturated heterocycles. The van der Waals surface area contributed by atoms with Gasteiger partial charge in [-0.1, -0.05) is 18.2 Å². The Bertz CT molecular complexity index is 570. The fourth-order valence-corrected chi connectivity index (χ4v) is 2.86. The van der Waals surface area contributed by atoms with Crippen molar-refractivity contribution in [1.82, 2.24) is 15.1 Å². The number of piperazine rings is 1. The third kappa shape index (κ3) is 2.73. The zero-order chi connectivity index (χ0) is 13.9. The van der Waals surface area contributed by atoms with Crippen molar-refractivity contribution in [3.63, 3.8) is 0 Å². The van der Waals surface area contributed by atoms with Crippen LogP contribution in [0, 0.1) is 0 Å². The van der Waals surface area contributed by atoms with E-state index in [2.05, 4.69) is 40.4 Å². The van der Waals surface area contributed by atoms with Crippen LogP contribution in [0.1, 0.15) is 11.3 Å². The Morgan fingerprint density at radius 2 is 1.90 bits per heavy atom. The summed E-state index contributed by atoms with van der Waals surface area (Å²) in [7, 11) is 4.17. The maximum Gasteiger partial charge on any atom is 0.134 e. The van der Waals surface area contributed by atoms with E-state index < -0.39 is 0 Å². The number of nitrogens with zero attached hydrogens (tertiary/aromatic N) is 2. The lowest BCUT2D eigenvalue weighted by molar-refractivity contribution is 0.140. The van der Waals surface area contributed by atoms with Crippen LogP contribution < -0.4 is 5.32 Å². The summed E-state index contributed by atoms with van der Waals surface area (Å²) in [4.78, 5) is 4.86. The predicted molar refractivity (Wildman–Crippen MR) is 81.8 cm³/mol. The molecule has 2 aromatic rings. The van der Waals surface area contributed by atoms with E-state index in [0.29, 0.717) is 0 Å². The zero-order valence-corrected chi connectivity index (χ0v) is 12.4. The van der Waals surface area contributed by atoms with Crippen LogP contribution in [-0.2, 0) is 13.1 Å². The number of nitrogens with one attached hydrogen (secondary N) is 1. The van der Waals surface area contributed by atoms with Crippen molar-refractivity contribution in [2.24, 2.45) is 0 Å². The quantitative estimate of drug-likeness (QED) is 0.922. The van der Waals surface area contributed by atoms with E-state index in [1.165, 1.54) is 10.9 Å². The lowest BCUT2D eigenvalue weighted by Crippen LogP contribution is -2.43. The SMILES string of the molecule is CNCc1c(CN2CCN(C)CC2)oc2ccccc12. The predicted octanol–water partition coefficient (Wildman–Crippen LogP) is 1.90. The maximum atomic E-state index is 6.09. The molecule has 2 heterocycles. The Kier molecular flexibility index (Phi) is 4.05. The molecule has 0 unspecified atom stereocenters. The van der Waals surface area contributed by atoms with Crippen molar-refractivity contribution in [3.05, 3.63) is 35.6 Å². The molecule has 1 N–H and O–H groups in total. The minimum atomic E-state index is 0.861. The van der Waals surface area contributed by atoms with Crippen molar-refractivity contribution in [2.45, 2.75) is 13.1 Å². The molecule has 0 saturated carbocycles. The van der Waals surface area contributed by atoms with Gasteiger partial charge in [0.2, 0.25) is 0 Å². The van der Waals surface area contributed by atoms with Gasteiger partial charge in [-0.3, -0.25) is 4.90 Å². The fraction of sp³-hybridized carbons (Fsp3) is 0.500. The first-order valence-electron chi connectivity index (χ1n) is 7.32. The third-order valence-electron chi connectivity index (χ3n) is 4.10. The van der Waals surface area contributed by atoms with Crippen LogP contribution in [0.2, 0.25) is 0 Å². The molecule has 4 heteroatoms. The summed E-state index contributed by atoms with van der Waals surface area (Å²) in [6.07, 6.45) is 0. The Balaban J connectivity index is 1.84. The minimum Gasteiger partial charge on any atom is -0.459 e. The lowest BCUT2D eigenvalue weighted by atomic mass is 10.1. The van der Waals surface area contributed by atoms with Crippen LogP contribution >= 0.6 is 0 Å². The normalized spacial score (nSPS) is 17.9. The highest BCUT2D eigenvalue weighted by Gasteiger charge is 2.19. The summed E-state index contributed by atoms with van der Waals surface area (Å²) >= 11 is 0. The van der Waals surface area contributed by atoms with E-state index in [-0.39, 0.29) is 0 Å². The molecule has 1 aliphatic rings. The number of likely N-dealkylation sites (N-methyl/N-ethyl adjacent to an activating group) is 1. The Morgan fingerprint density at radius 1 is 1.15 bits per heavy atom. The van der Waals surface area contributed by atoms with Gasteiger partial charge in [0.05, 0.1) is 6.54 Å². The van der Waals surface area contributed by atoms with Crippen molar-refractivity contribution in [1.29, 1.82) is 0 Å². The topological polar surface area (TPSA) is 31.6 Å². The standard InChI is InChI=1S/C16H23N3O/c1-17-11-14-13-5-3-4-6-15(13)20-16(14)12-19-9-7-18(2)8-10-19/h3-6,17H,7-12H2,1-2H3. The van der Waals surface area contributed by atoms with Crippen molar-refractivity contribution < 1.29 is 4.42 Å². The Morgan fingerprint density at radius 3 is 2.65 bits per heavy atom. The number of fused-ring (bicyclic) bond motifs is 1. The molecule has 0 amide bonds. The molecular formula is C16H23N3O. The largest absolute Gasteiger partial charge is 0.459 e. The van der Waals surface area contributed by atoms with Crippen LogP contribution in [0.15, 0.2) is 28.7 Å². The van der Waals surface area contributed by atoms with Gasteiger partial charge in [0.1, 0.15) is 11.3 Å². The summed E-state index contributed by atoms with van der Waals surface area (Å²) in [5.74, 6) is 1.12. The lowest BCUT2D eigenvalue weighted by Gasteiger charge is -2.31. The van der Waals surface area contributed by atoms with Crippen LogP contribution in [0.3, 0.4) is 0 Å². The molecule has 1 aliphatic heterocycles. The third-order valence-corrected chi connectivity index (χ3v) is 4.10. The fourth-order valence-electron chi connectivity index (χ4n) is 2.86. The van der Waals surface area contributed by atoms with E-state index in [1.807, 2.05) is 13.1 Å².